The average Bonchev–Trinajstić information content (AvgIpc) is 2.53. The van der Waals surface area contributed by atoms with Crippen LogP contribution in [-0.4, -0.2) is 9.36 Å². The van der Waals surface area contributed by atoms with E-state index in [0.717, 1.165) is 8.58 Å². The van der Waals surface area contributed by atoms with Gasteiger partial charge in [0.1, 0.15) is 0 Å². The van der Waals surface area contributed by atoms with Gasteiger partial charge in [-0.3, -0.25) is 0 Å². The van der Waals surface area contributed by atoms with Crippen LogP contribution in [0.5, 0.6) is 0 Å². The lowest BCUT2D eigenvalue weighted by atomic mass is 10.2. The van der Waals surface area contributed by atoms with Gasteiger partial charge < -0.3 is 0 Å². The highest BCUT2D eigenvalue weighted by atomic mass is 127. The molecular formula is C8H4ClIN2S. The third-order valence-corrected chi connectivity index (χ3v) is 3.18. The van der Waals surface area contributed by atoms with Crippen molar-refractivity contribution in [1.82, 2.24) is 9.36 Å². The predicted molar refractivity (Wildman–Crippen MR) is 63.1 cm³/mol. The predicted octanol–water partition coefficient (Wildman–Crippen LogP) is 3.46. The van der Waals surface area contributed by atoms with Crippen LogP contribution in [0.2, 0.25) is 5.02 Å². The van der Waals surface area contributed by atoms with E-state index in [1.807, 2.05) is 24.3 Å². The first kappa shape index (κ1) is 9.36. The first-order valence-corrected chi connectivity index (χ1v) is 5.74. The van der Waals surface area contributed by atoms with Crippen LogP contribution in [0, 0.1) is 3.01 Å². The Morgan fingerprint density at radius 1 is 1.31 bits per heavy atom. The van der Waals surface area contributed by atoms with E-state index in [-0.39, 0.29) is 0 Å². The van der Waals surface area contributed by atoms with Gasteiger partial charge in [0.2, 0.25) is 0 Å². The van der Waals surface area contributed by atoms with Crippen LogP contribution in [0.3, 0.4) is 0 Å². The van der Waals surface area contributed by atoms with Gasteiger partial charge in [0.15, 0.2) is 8.84 Å². The molecule has 13 heavy (non-hydrogen) atoms. The summed E-state index contributed by atoms with van der Waals surface area (Å²) in [6.45, 7) is 0. The van der Waals surface area contributed by atoms with Crippen molar-refractivity contribution in [2.45, 2.75) is 0 Å². The van der Waals surface area contributed by atoms with Crippen LogP contribution >= 0.6 is 45.7 Å². The topological polar surface area (TPSA) is 25.8 Å². The second-order valence-electron chi connectivity index (χ2n) is 2.35. The molecule has 2 nitrogen and oxygen atoms in total. The van der Waals surface area contributed by atoms with Crippen molar-refractivity contribution in [3.8, 4) is 11.4 Å². The molecule has 0 amide bonds. The largest absolute Gasteiger partial charge is 0.209 e. The van der Waals surface area contributed by atoms with Gasteiger partial charge in [-0.15, -0.1) is 0 Å². The molecule has 1 aromatic carbocycles. The number of nitrogens with zero attached hydrogens (tertiary/aromatic N) is 2. The lowest BCUT2D eigenvalue weighted by Crippen LogP contribution is -1.81. The third-order valence-electron chi connectivity index (χ3n) is 1.52. The highest BCUT2D eigenvalue weighted by Gasteiger charge is 2.07. The van der Waals surface area contributed by atoms with Crippen molar-refractivity contribution in [3.63, 3.8) is 0 Å². The number of hydrogen-bond acceptors (Lipinski definition) is 3. The van der Waals surface area contributed by atoms with Gasteiger partial charge in [0.25, 0.3) is 0 Å². The minimum Gasteiger partial charge on any atom is -0.209 e. The summed E-state index contributed by atoms with van der Waals surface area (Å²) in [6.07, 6.45) is 0. The zero-order chi connectivity index (χ0) is 9.26. The van der Waals surface area contributed by atoms with E-state index in [9.17, 15) is 0 Å². The molecular weight excluding hydrogens is 319 g/mol. The van der Waals surface area contributed by atoms with Crippen molar-refractivity contribution < 1.29 is 0 Å². The molecule has 1 aromatic heterocycles. The van der Waals surface area contributed by atoms with Crippen LogP contribution in [0.15, 0.2) is 24.3 Å². The Balaban J connectivity index is 2.52. The highest BCUT2D eigenvalue weighted by Crippen LogP contribution is 2.26. The lowest BCUT2D eigenvalue weighted by molar-refractivity contribution is 1.30. The molecule has 5 heteroatoms. The first-order valence-electron chi connectivity index (χ1n) is 3.51. The lowest BCUT2D eigenvalue weighted by Gasteiger charge is -1.96. The standard InChI is InChI=1S/C8H4ClIN2S/c9-6-4-2-1-3-5(6)7-11-8(10)13-12-7/h1-4H. The average molecular weight is 323 g/mol. The Hall–Kier alpha value is -0.200. The minimum atomic E-state index is 0.691. The summed E-state index contributed by atoms with van der Waals surface area (Å²) in [5, 5.41) is 0.691. The molecule has 2 rings (SSSR count). The Kier molecular flexibility index (Phi) is 2.80. The number of benzene rings is 1. The van der Waals surface area contributed by atoms with Gasteiger partial charge in [-0.2, -0.15) is 4.37 Å². The van der Waals surface area contributed by atoms with Crippen LogP contribution in [0.4, 0.5) is 0 Å². The molecule has 1 heterocycles. The van der Waals surface area contributed by atoms with Gasteiger partial charge in [0.05, 0.1) is 5.02 Å². The second kappa shape index (κ2) is 3.89. The molecule has 0 unspecified atom stereocenters. The Morgan fingerprint density at radius 2 is 2.08 bits per heavy atom. The number of halogens is 2. The van der Waals surface area contributed by atoms with E-state index in [2.05, 4.69) is 31.9 Å². The second-order valence-corrected chi connectivity index (χ2v) is 5.26. The maximum absolute atomic E-state index is 5.99. The summed E-state index contributed by atoms with van der Waals surface area (Å²) in [4.78, 5) is 4.25. The van der Waals surface area contributed by atoms with Gasteiger partial charge in [-0.25, -0.2) is 4.98 Å². The zero-order valence-corrected chi connectivity index (χ0v) is 10.1. The Labute approximate surface area is 98.3 Å². The van der Waals surface area contributed by atoms with Crippen LogP contribution < -0.4 is 0 Å². The molecule has 0 aliphatic rings. The third kappa shape index (κ3) is 2.00. The maximum Gasteiger partial charge on any atom is 0.175 e. The van der Waals surface area contributed by atoms with E-state index in [4.69, 9.17) is 11.6 Å². The monoisotopic (exact) mass is 322 g/mol. The normalized spacial score (nSPS) is 10.3. The molecule has 2 aromatic rings. The van der Waals surface area contributed by atoms with E-state index >= 15 is 0 Å². The SMILES string of the molecule is Clc1ccccc1-c1nsc(I)n1. The summed E-state index contributed by atoms with van der Waals surface area (Å²) < 4.78 is 5.11. The summed E-state index contributed by atoms with van der Waals surface area (Å²) >= 11 is 9.51. The molecule has 0 bridgehead atoms. The molecule has 0 spiro atoms. The van der Waals surface area contributed by atoms with E-state index in [1.165, 1.54) is 11.5 Å². The fourth-order valence-electron chi connectivity index (χ4n) is 0.957. The van der Waals surface area contributed by atoms with Crippen molar-refractivity contribution in [3.05, 3.63) is 32.3 Å². The quantitative estimate of drug-likeness (QED) is 0.751. The van der Waals surface area contributed by atoms with Gasteiger partial charge in [0, 0.05) is 5.56 Å². The van der Waals surface area contributed by atoms with Crippen molar-refractivity contribution in [2.24, 2.45) is 0 Å². The maximum atomic E-state index is 5.99. The van der Waals surface area contributed by atoms with E-state index in [1.54, 1.807) is 0 Å². The van der Waals surface area contributed by atoms with Gasteiger partial charge in [-0.05, 0) is 46.3 Å². The number of aromatic nitrogens is 2. The van der Waals surface area contributed by atoms with Gasteiger partial charge >= 0.3 is 0 Å². The number of rotatable bonds is 1. The van der Waals surface area contributed by atoms with Gasteiger partial charge in [-0.1, -0.05) is 23.7 Å². The minimum absolute atomic E-state index is 0.691. The van der Waals surface area contributed by atoms with E-state index < -0.39 is 0 Å². The Bertz CT molecular complexity index is 430. The molecule has 0 saturated carbocycles. The molecule has 0 aliphatic carbocycles. The summed E-state index contributed by atoms with van der Waals surface area (Å²) in [6, 6.07) is 7.57. The Morgan fingerprint density at radius 3 is 2.69 bits per heavy atom. The summed E-state index contributed by atoms with van der Waals surface area (Å²) in [7, 11) is 0. The first-order chi connectivity index (χ1) is 6.27. The van der Waals surface area contributed by atoms with Crippen LogP contribution in [0.1, 0.15) is 0 Å². The van der Waals surface area contributed by atoms with E-state index in [0.29, 0.717) is 10.8 Å². The molecule has 0 N–H and O–H groups in total. The molecule has 0 atom stereocenters. The highest BCUT2D eigenvalue weighted by molar-refractivity contribution is 14.1. The van der Waals surface area contributed by atoms with Crippen molar-refractivity contribution >= 4 is 45.7 Å². The fraction of sp³-hybridized carbons (Fsp3) is 0. The number of hydrogen-bond donors (Lipinski definition) is 0. The molecule has 0 fully saturated rings. The van der Waals surface area contributed by atoms with Crippen LogP contribution in [-0.2, 0) is 0 Å². The molecule has 66 valence electrons. The van der Waals surface area contributed by atoms with Crippen molar-refractivity contribution in [1.29, 1.82) is 0 Å². The molecule has 0 aliphatic heterocycles. The van der Waals surface area contributed by atoms with Crippen LogP contribution in [0.25, 0.3) is 11.4 Å². The summed E-state index contributed by atoms with van der Waals surface area (Å²) in [5.41, 5.74) is 0.892. The summed E-state index contributed by atoms with van der Waals surface area (Å²) in [5.74, 6) is 0.708. The smallest absolute Gasteiger partial charge is 0.175 e. The fourth-order valence-corrected chi connectivity index (χ4v) is 2.13. The molecule has 0 radical (unpaired) electrons. The van der Waals surface area contributed by atoms with Crippen molar-refractivity contribution in [2.75, 3.05) is 0 Å². The molecule has 0 saturated heterocycles. The zero-order valence-electron chi connectivity index (χ0n) is 6.37.